The molecule has 2 atom stereocenters. The maximum absolute atomic E-state index is 12.7. The van der Waals surface area contributed by atoms with E-state index in [1.165, 1.54) is 38.5 Å². The summed E-state index contributed by atoms with van der Waals surface area (Å²) in [7, 11) is 1.99. The number of alkyl halides is 1. The molecule has 0 aromatic carbocycles. The van der Waals surface area contributed by atoms with Crippen molar-refractivity contribution in [1.82, 2.24) is 4.90 Å². The van der Waals surface area contributed by atoms with Crippen LogP contribution in [0, 0.1) is 17.8 Å². The first-order valence-corrected chi connectivity index (χ1v) is 8.03. The van der Waals surface area contributed by atoms with Crippen molar-refractivity contribution in [2.45, 2.75) is 62.8 Å². The standard InChI is InChI=1S/C15H24ClNO/c1-17(13-5-3-2-4-12(13)16)15(18)14(10-6-7-10)11-8-9-11/h10-14H,2-9H2,1H3. The Labute approximate surface area is 115 Å². The van der Waals surface area contributed by atoms with Gasteiger partial charge in [0, 0.05) is 19.0 Å². The molecule has 3 rings (SSSR count). The second-order valence-corrected chi connectivity index (χ2v) is 7.08. The van der Waals surface area contributed by atoms with E-state index in [4.69, 9.17) is 11.6 Å². The molecule has 0 spiro atoms. The maximum Gasteiger partial charge on any atom is 0.226 e. The third kappa shape index (κ3) is 2.54. The van der Waals surface area contributed by atoms with E-state index in [2.05, 4.69) is 0 Å². The van der Waals surface area contributed by atoms with Crippen molar-refractivity contribution < 1.29 is 4.79 Å². The molecule has 18 heavy (non-hydrogen) atoms. The Bertz CT molecular complexity index is 312. The van der Waals surface area contributed by atoms with Crippen molar-refractivity contribution in [2.75, 3.05) is 7.05 Å². The molecule has 3 saturated carbocycles. The summed E-state index contributed by atoms with van der Waals surface area (Å²) >= 11 is 6.42. The van der Waals surface area contributed by atoms with Gasteiger partial charge in [0.25, 0.3) is 0 Å². The van der Waals surface area contributed by atoms with Crippen LogP contribution in [0.25, 0.3) is 0 Å². The molecule has 2 unspecified atom stereocenters. The van der Waals surface area contributed by atoms with Crippen LogP contribution in [0.15, 0.2) is 0 Å². The minimum absolute atomic E-state index is 0.173. The van der Waals surface area contributed by atoms with E-state index < -0.39 is 0 Å². The first kappa shape index (κ1) is 12.8. The molecule has 0 aromatic heterocycles. The fourth-order valence-corrected chi connectivity index (χ4v) is 4.05. The molecule has 102 valence electrons. The number of halogens is 1. The average Bonchev–Trinajstić information content (AvgIpc) is 3.23. The van der Waals surface area contributed by atoms with Crippen LogP contribution in [-0.2, 0) is 4.79 Å². The molecule has 2 nitrogen and oxygen atoms in total. The fraction of sp³-hybridized carbons (Fsp3) is 0.933. The third-order valence-corrected chi connectivity index (χ3v) is 5.55. The van der Waals surface area contributed by atoms with Gasteiger partial charge in [0.1, 0.15) is 0 Å². The summed E-state index contributed by atoms with van der Waals surface area (Å²) < 4.78 is 0. The largest absolute Gasteiger partial charge is 0.341 e. The van der Waals surface area contributed by atoms with Gasteiger partial charge >= 0.3 is 0 Å². The Morgan fingerprint density at radius 2 is 1.61 bits per heavy atom. The lowest BCUT2D eigenvalue weighted by atomic mass is 9.91. The number of carbonyl (C=O) groups excluding carboxylic acids is 1. The van der Waals surface area contributed by atoms with Gasteiger partial charge in [-0.25, -0.2) is 0 Å². The Morgan fingerprint density at radius 3 is 2.11 bits per heavy atom. The number of rotatable bonds is 4. The fourth-order valence-electron chi connectivity index (χ4n) is 3.60. The van der Waals surface area contributed by atoms with Crippen molar-refractivity contribution in [3.8, 4) is 0 Å². The van der Waals surface area contributed by atoms with Crippen molar-refractivity contribution in [3.05, 3.63) is 0 Å². The number of hydrogen-bond donors (Lipinski definition) is 0. The van der Waals surface area contributed by atoms with E-state index in [-0.39, 0.29) is 11.4 Å². The lowest BCUT2D eigenvalue weighted by Gasteiger charge is -2.37. The third-order valence-electron chi connectivity index (χ3n) is 5.04. The summed E-state index contributed by atoms with van der Waals surface area (Å²) in [5.41, 5.74) is 0. The van der Waals surface area contributed by atoms with E-state index >= 15 is 0 Å². The SMILES string of the molecule is CN(C(=O)C(C1CC1)C1CC1)C1CCCCC1Cl. The number of nitrogens with zero attached hydrogens (tertiary/aromatic N) is 1. The molecule has 0 bridgehead atoms. The van der Waals surface area contributed by atoms with E-state index in [0.717, 1.165) is 12.8 Å². The van der Waals surface area contributed by atoms with Crippen LogP contribution in [0.1, 0.15) is 51.4 Å². The molecule has 0 aliphatic heterocycles. The Morgan fingerprint density at radius 1 is 1.06 bits per heavy atom. The van der Waals surface area contributed by atoms with Gasteiger partial charge in [0.05, 0.1) is 5.38 Å². The molecule has 0 heterocycles. The molecule has 0 radical (unpaired) electrons. The Kier molecular flexibility index (Phi) is 3.57. The lowest BCUT2D eigenvalue weighted by Crippen LogP contribution is -2.47. The minimum atomic E-state index is 0.173. The highest BCUT2D eigenvalue weighted by Crippen LogP contribution is 2.50. The topological polar surface area (TPSA) is 20.3 Å². The van der Waals surface area contributed by atoms with Gasteiger partial charge in [0.15, 0.2) is 0 Å². The minimum Gasteiger partial charge on any atom is -0.341 e. The van der Waals surface area contributed by atoms with E-state index in [1.807, 2.05) is 11.9 Å². The summed E-state index contributed by atoms with van der Waals surface area (Å²) in [4.78, 5) is 14.7. The van der Waals surface area contributed by atoms with Gasteiger partial charge in [-0.15, -0.1) is 11.6 Å². The van der Waals surface area contributed by atoms with Gasteiger partial charge in [0.2, 0.25) is 5.91 Å². The summed E-state index contributed by atoms with van der Waals surface area (Å²) in [6.07, 6.45) is 9.71. The van der Waals surface area contributed by atoms with E-state index in [9.17, 15) is 4.79 Å². The van der Waals surface area contributed by atoms with Crippen LogP contribution < -0.4 is 0 Å². The molecule has 3 aliphatic rings. The maximum atomic E-state index is 12.7. The second-order valence-electron chi connectivity index (χ2n) is 6.52. The van der Waals surface area contributed by atoms with Gasteiger partial charge in [-0.1, -0.05) is 12.8 Å². The zero-order valence-electron chi connectivity index (χ0n) is 11.3. The molecule has 0 N–H and O–H groups in total. The predicted octanol–water partition coefficient (Wildman–Crippen LogP) is 3.43. The van der Waals surface area contributed by atoms with Crippen molar-refractivity contribution >= 4 is 17.5 Å². The predicted molar refractivity (Wildman–Crippen MR) is 73.6 cm³/mol. The molecule has 3 aliphatic carbocycles. The highest BCUT2D eigenvalue weighted by molar-refractivity contribution is 6.21. The van der Waals surface area contributed by atoms with Gasteiger partial charge < -0.3 is 4.90 Å². The van der Waals surface area contributed by atoms with Crippen molar-refractivity contribution in [2.24, 2.45) is 17.8 Å². The van der Waals surface area contributed by atoms with Crippen LogP contribution in [-0.4, -0.2) is 29.3 Å². The Hall–Kier alpha value is -0.240. The quantitative estimate of drug-likeness (QED) is 0.716. The molecular formula is C15H24ClNO. The second kappa shape index (κ2) is 5.03. The van der Waals surface area contributed by atoms with Crippen LogP contribution in [0.5, 0.6) is 0 Å². The van der Waals surface area contributed by atoms with Crippen LogP contribution >= 0.6 is 11.6 Å². The lowest BCUT2D eigenvalue weighted by molar-refractivity contribution is -0.138. The smallest absolute Gasteiger partial charge is 0.226 e. The average molecular weight is 270 g/mol. The Balaban J connectivity index is 1.66. The van der Waals surface area contributed by atoms with E-state index in [0.29, 0.717) is 23.7 Å². The summed E-state index contributed by atoms with van der Waals surface area (Å²) in [5.74, 6) is 2.13. The van der Waals surface area contributed by atoms with Crippen LogP contribution in [0.3, 0.4) is 0 Å². The van der Waals surface area contributed by atoms with Gasteiger partial charge in [-0.3, -0.25) is 4.79 Å². The molecule has 0 saturated heterocycles. The highest BCUT2D eigenvalue weighted by Gasteiger charge is 2.47. The number of carbonyl (C=O) groups is 1. The zero-order valence-corrected chi connectivity index (χ0v) is 12.0. The highest BCUT2D eigenvalue weighted by atomic mass is 35.5. The first-order chi connectivity index (χ1) is 8.68. The zero-order chi connectivity index (χ0) is 12.7. The molecule has 1 amide bonds. The molecule has 3 heteroatoms. The van der Waals surface area contributed by atoms with Crippen molar-refractivity contribution in [3.63, 3.8) is 0 Å². The number of hydrogen-bond acceptors (Lipinski definition) is 1. The van der Waals surface area contributed by atoms with Crippen LogP contribution in [0.2, 0.25) is 0 Å². The van der Waals surface area contributed by atoms with E-state index in [1.54, 1.807) is 0 Å². The first-order valence-electron chi connectivity index (χ1n) is 7.59. The van der Waals surface area contributed by atoms with Gasteiger partial charge in [-0.05, 0) is 50.4 Å². The summed E-state index contributed by atoms with van der Waals surface area (Å²) in [6, 6.07) is 0.285. The summed E-state index contributed by atoms with van der Waals surface area (Å²) in [6.45, 7) is 0. The van der Waals surface area contributed by atoms with Crippen LogP contribution in [0.4, 0.5) is 0 Å². The molecule has 0 aromatic rings. The van der Waals surface area contributed by atoms with Crippen molar-refractivity contribution in [1.29, 1.82) is 0 Å². The molecular weight excluding hydrogens is 246 g/mol. The van der Waals surface area contributed by atoms with Gasteiger partial charge in [-0.2, -0.15) is 0 Å². The summed E-state index contributed by atoms with van der Waals surface area (Å²) in [5, 5.41) is 0.173. The number of amides is 1. The normalized spacial score (nSPS) is 32.6. The molecule has 3 fully saturated rings. The monoisotopic (exact) mass is 269 g/mol.